The number of rotatable bonds is 6. The Balaban J connectivity index is 1.81. The van der Waals surface area contributed by atoms with Crippen LogP contribution in [0.2, 0.25) is 0 Å². The van der Waals surface area contributed by atoms with Crippen molar-refractivity contribution in [2.24, 2.45) is 5.92 Å². The van der Waals surface area contributed by atoms with Gasteiger partial charge in [-0.15, -0.1) is 0 Å². The molecule has 3 rings (SSSR count). The molecule has 5 nitrogen and oxygen atoms in total. The maximum absolute atomic E-state index is 13.1. The number of carbonyl (C=O) groups is 1. The molecule has 1 amide bonds. The van der Waals surface area contributed by atoms with Crippen molar-refractivity contribution in [3.8, 4) is 11.4 Å². The first-order valence-corrected chi connectivity index (χ1v) is 9.70. The van der Waals surface area contributed by atoms with Crippen molar-refractivity contribution in [3.63, 3.8) is 0 Å². The van der Waals surface area contributed by atoms with Crippen LogP contribution in [0.15, 0.2) is 29.1 Å². The summed E-state index contributed by atoms with van der Waals surface area (Å²) in [5.74, 6) is 0.269. The van der Waals surface area contributed by atoms with Crippen LogP contribution in [0, 0.1) is 11.7 Å². The summed E-state index contributed by atoms with van der Waals surface area (Å²) in [6.45, 7) is 5.05. The number of fused-ring (bicyclic) bond motifs is 1. The Hall–Kier alpha value is -2.50. The van der Waals surface area contributed by atoms with Gasteiger partial charge in [0, 0.05) is 24.4 Å². The number of H-pyrrole nitrogens is 1. The lowest BCUT2D eigenvalue weighted by atomic mass is 9.96. The predicted octanol–water partition coefficient (Wildman–Crippen LogP) is 3.68. The van der Waals surface area contributed by atoms with Gasteiger partial charge in [-0.2, -0.15) is 0 Å². The van der Waals surface area contributed by atoms with Gasteiger partial charge in [-0.25, -0.2) is 9.37 Å². The standard InChI is InChI=1S/C21H26FN3O2/c1-3-5-6-14(4-2)21(27)25-12-11-18-17(13-25)20(26)24-19(23-18)15-7-9-16(22)10-8-15/h7-10,14H,3-6,11-13H2,1-2H3,(H,23,24,26). The topological polar surface area (TPSA) is 66.1 Å². The zero-order valence-electron chi connectivity index (χ0n) is 15.9. The summed E-state index contributed by atoms with van der Waals surface area (Å²) in [4.78, 5) is 34.6. The van der Waals surface area contributed by atoms with Crippen LogP contribution in [-0.2, 0) is 17.8 Å². The summed E-state index contributed by atoms with van der Waals surface area (Å²) in [5, 5.41) is 0. The van der Waals surface area contributed by atoms with E-state index in [4.69, 9.17) is 0 Å². The SMILES string of the molecule is CCCCC(CC)C(=O)N1CCc2nc(-c3ccc(F)cc3)[nH]c(=O)c2C1. The second-order valence-corrected chi connectivity index (χ2v) is 7.10. The highest BCUT2D eigenvalue weighted by Gasteiger charge is 2.28. The quantitative estimate of drug-likeness (QED) is 0.842. The number of benzene rings is 1. The highest BCUT2D eigenvalue weighted by Crippen LogP contribution is 2.22. The molecule has 0 bridgehead atoms. The Bertz CT molecular complexity index is 861. The number of hydrogen-bond donors (Lipinski definition) is 1. The van der Waals surface area contributed by atoms with Crippen molar-refractivity contribution < 1.29 is 9.18 Å². The van der Waals surface area contributed by atoms with Gasteiger partial charge in [-0.3, -0.25) is 9.59 Å². The Kier molecular flexibility index (Phi) is 6.04. The van der Waals surface area contributed by atoms with Crippen LogP contribution in [0.25, 0.3) is 11.4 Å². The summed E-state index contributed by atoms with van der Waals surface area (Å²) >= 11 is 0. The molecule has 1 unspecified atom stereocenters. The van der Waals surface area contributed by atoms with Gasteiger partial charge in [0.1, 0.15) is 11.6 Å². The number of carbonyl (C=O) groups excluding carboxylic acids is 1. The van der Waals surface area contributed by atoms with E-state index in [1.54, 1.807) is 17.0 Å². The lowest BCUT2D eigenvalue weighted by Crippen LogP contribution is -2.42. The Labute approximate surface area is 158 Å². The first-order chi connectivity index (χ1) is 13.0. The molecule has 0 aliphatic carbocycles. The van der Waals surface area contributed by atoms with Crippen molar-refractivity contribution in [2.45, 2.75) is 52.5 Å². The van der Waals surface area contributed by atoms with Crippen molar-refractivity contribution >= 4 is 5.91 Å². The Morgan fingerprint density at radius 2 is 2.04 bits per heavy atom. The van der Waals surface area contributed by atoms with Crippen LogP contribution in [0.3, 0.4) is 0 Å². The number of aromatic nitrogens is 2. The van der Waals surface area contributed by atoms with E-state index in [1.807, 2.05) is 6.92 Å². The van der Waals surface area contributed by atoms with E-state index in [-0.39, 0.29) is 23.2 Å². The molecule has 1 aromatic carbocycles. The second kappa shape index (κ2) is 8.46. The van der Waals surface area contributed by atoms with Crippen LogP contribution < -0.4 is 5.56 Å². The molecule has 1 N–H and O–H groups in total. The number of amides is 1. The molecule has 0 spiro atoms. The van der Waals surface area contributed by atoms with Gasteiger partial charge in [0.05, 0.1) is 17.8 Å². The molecular weight excluding hydrogens is 345 g/mol. The smallest absolute Gasteiger partial charge is 0.256 e. The Morgan fingerprint density at radius 1 is 1.30 bits per heavy atom. The number of nitrogens with zero attached hydrogens (tertiary/aromatic N) is 2. The lowest BCUT2D eigenvalue weighted by molar-refractivity contribution is -0.136. The van der Waals surface area contributed by atoms with Gasteiger partial charge in [-0.1, -0.05) is 26.7 Å². The van der Waals surface area contributed by atoms with E-state index < -0.39 is 0 Å². The Morgan fingerprint density at radius 3 is 2.70 bits per heavy atom. The molecular formula is C21H26FN3O2. The first kappa shape index (κ1) is 19.3. The largest absolute Gasteiger partial charge is 0.337 e. The average Bonchev–Trinajstić information content (AvgIpc) is 2.68. The molecule has 2 aromatic rings. The molecule has 1 aromatic heterocycles. The minimum absolute atomic E-state index is 0.0250. The fourth-order valence-corrected chi connectivity index (χ4v) is 3.57. The van der Waals surface area contributed by atoms with Crippen molar-refractivity contribution in [1.82, 2.24) is 14.9 Å². The zero-order chi connectivity index (χ0) is 19.4. The third-order valence-electron chi connectivity index (χ3n) is 5.25. The van der Waals surface area contributed by atoms with E-state index in [1.165, 1.54) is 12.1 Å². The third-order valence-corrected chi connectivity index (χ3v) is 5.25. The maximum atomic E-state index is 13.1. The summed E-state index contributed by atoms with van der Waals surface area (Å²) < 4.78 is 13.1. The zero-order valence-corrected chi connectivity index (χ0v) is 15.9. The van der Waals surface area contributed by atoms with Crippen molar-refractivity contribution in [2.75, 3.05) is 6.54 Å². The summed E-state index contributed by atoms with van der Waals surface area (Å²) in [5.41, 5.74) is 1.73. The summed E-state index contributed by atoms with van der Waals surface area (Å²) in [7, 11) is 0. The van der Waals surface area contributed by atoms with Gasteiger partial charge in [0.2, 0.25) is 5.91 Å². The van der Waals surface area contributed by atoms with E-state index in [9.17, 15) is 14.0 Å². The van der Waals surface area contributed by atoms with Crippen LogP contribution >= 0.6 is 0 Å². The van der Waals surface area contributed by atoms with Crippen LogP contribution in [0.4, 0.5) is 4.39 Å². The fraction of sp³-hybridized carbons (Fsp3) is 0.476. The molecule has 1 atom stereocenters. The molecule has 0 saturated carbocycles. The van der Waals surface area contributed by atoms with Crippen LogP contribution in [0.5, 0.6) is 0 Å². The number of halogens is 1. The predicted molar refractivity (Wildman–Crippen MR) is 103 cm³/mol. The molecule has 2 heterocycles. The molecule has 0 saturated heterocycles. The van der Waals surface area contributed by atoms with E-state index in [2.05, 4.69) is 16.9 Å². The molecule has 1 aliphatic rings. The molecule has 0 fully saturated rings. The van der Waals surface area contributed by atoms with E-state index >= 15 is 0 Å². The van der Waals surface area contributed by atoms with Gasteiger partial charge < -0.3 is 9.88 Å². The second-order valence-electron chi connectivity index (χ2n) is 7.10. The van der Waals surface area contributed by atoms with Crippen LogP contribution in [0.1, 0.15) is 50.8 Å². The third kappa shape index (κ3) is 4.26. The summed E-state index contributed by atoms with van der Waals surface area (Å²) in [6, 6.07) is 5.88. The molecule has 0 radical (unpaired) electrons. The fourth-order valence-electron chi connectivity index (χ4n) is 3.57. The normalized spacial score (nSPS) is 14.7. The number of nitrogens with one attached hydrogen (secondary N) is 1. The van der Waals surface area contributed by atoms with Crippen molar-refractivity contribution in [1.29, 1.82) is 0 Å². The van der Waals surface area contributed by atoms with E-state index in [0.29, 0.717) is 36.5 Å². The highest BCUT2D eigenvalue weighted by atomic mass is 19.1. The monoisotopic (exact) mass is 371 g/mol. The highest BCUT2D eigenvalue weighted by molar-refractivity contribution is 5.79. The molecule has 6 heteroatoms. The molecule has 144 valence electrons. The maximum Gasteiger partial charge on any atom is 0.256 e. The minimum Gasteiger partial charge on any atom is -0.337 e. The number of unbranched alkanes of at least 4 members (excludes halogenated alkanes) is 1. The van der Waals surface area contributed by atoms with Gasteiger partial charge in [0.25, 0.3) is 5.56 Å². The van der Waals surface area contributed by atoms with Crippen molar-refractivity contribution in [3.05, 3.63) is 51.7 Å². The van der Waals surface area contributed by atoms with Gasteiger partial charge >= 0.3 is 0 Å². The van der Waals surface area contributed by atoms with Crippen LogP contribution in [-0.4, -0.2) is 27.3 Å². The average molecular weight is 371 g/mol. The number of hydrogen-bond acceptors (Lipinski definition) is 3. The number of aromatic amines is 1. The summed E-state index contributed by atoms with van der Waals surface area (Å²) in [6.07, 6.45) is 4.39. The lowest BCUT2D eigenvalue weighted by Gasteiger charge is -2.31. The van der Waals surface area contributed by atoms with Gasteiger partial charge in [0.15, 0.2) is 0 Å². The molecule has 1 aliphatic heterocycles. The van der Waals surface area contributed by atoms with E-state index in [0.717, 1.165) is 31.4 Å². The molecule has 27 heavy (non-hydrogen) atoms. The van der Waals surface area contributed by atoms with Gasteiger partial charge in [-0.05, 0) is 37.1 Å². The minimum atomic E-state index is -0.332. The first-order valence-electron chi connectivity index (χ1n) is 9.70.